The molecule has 34 heavy (non-hydrogen) atoms. The number of nitrogens with zero attached hydrogens (tertiary/aromatic N) is 3. The minimum Gasteiger partial charge on any atom is -0.355 e. The van der Waals surface area contributed by atoms with Crippen LogP contribution in [0.3, 0.4) is 0 Å². The molecule has 2 heterocycles. The van der Waals surface area contributed by atoms with Crippen LogP contribution in [0.4, 0.5) is 5.82 Å². The maximum atomic E-state index is 12.8. The summed E-state index contributed by atoms with van der Waals surface area (Å²) in [4.78, 5) is 19.1. The molecular weight excluding hydrogens is 448 g/mol. The number of nitrogens with one attached hydrogen (secondary N) is 1. The Balaban J connectivity index is 1.29. The van der Waals surface area contributed by atoms with Gasteiger partial charge in [0.05, 0.1) is 5.75 Å². The number of sulfonamides is 1. The van der Waals surface area contributed by atoms with E-state index in [1.165, 1.54) is 4.31 Å². The van der Waals surface area contributed by atoms with Crippen molar-refractivity contribution in [2.24, 2.45) is 0 Å². The van der Waals surface area contributed by atoms with E-state index in [0.717, 1.165) is 16.9 Å². The molecule has 8 heteroatoms. The summed E-state index contributed by atoms with van der Waals surface area (Å²) in [6, 6.07) is 25.5. The molecule has 0 saturated carbocycles. The van der Waals surface area contributed by atoms with Gasteiger partial charge in [0.1, 0.15) is 5.82 Å². The van der Waals surface area contributed by atoms with Crippen LogP contribution in [0.1, 0.15) is 23.5 Å². The number of piperazine rings is 1. The topological polar surface area (TPSA) is 82.6 Å². The average Bonchev–Trinajstić information content (AvgIpc) is 2.89. The average molecular weight is 479 g/mol. The smallest absolute Gasteiger partial charge is 0.220 e. The summed E-state index contributed by atoms with van der Waals surface area (Å²) in [5.41, 5.74) is 2.12. The highest BCUT2D eigenvalue weighted by Gasteiger charge is 2.27. The van der Waals surface area contributed by atoms with E-state index >= 15 is 0 Å². The molecule has 1 aliphatic rings. The van der Waals surface area contributed by atoms with Crippen molar-refractivity contribution in [3.05, 3.63) is 96.2 Å². The second-order valence-corrected chi connectivity index (χ2v) is 10.4. The zero-order valence-corrected chi connectivity index (χ0v) is 19.9. The summed E-state index contributed by atoms with van der Waals surface area (Å²) in [5.74, 6) is 0.508. The Labute approximate surface area is 201 Å². The fraction of sp³-hybridized carbons (Fsp3) is 0.308. The number of hydrogen-bond acceptors (Lipinski definition) is 5. The third kappa shape index (κ3) is 6.21. The van der Waals surface area contributed by atoms with Gasteiger partial charge in [-0.25, -0.2) is 13.4 Å². The molecule has 0 spiro atoms. The Morgan fingerprint density at radius 3 is 2.00 bits per heavy atom. The first-order valence-electron chi connectivity index (χ1n) is 11.5. The third-order valence-corrected chi connectivity index (χ3v) is 7.95. The fourth-order valence-corrected chi connectivity index (χ4v) is 5.58. The molecule has 3 aromatic rings. The number of carbonyl (C=O) groups is 1. The lowest BCUT2D eigenvalue weighted by atomic mass is 9.88. The molecule has 0 unspecified atom stereocenters. The number of rotatable bonds is 9. The summed E-state index contributed by atoms with van der Waals surface area (Å²) < 4.78 is 27.1. The lowest BCUT2D eigenvalue weighted by Gasteiger charge is -2.34. The minimum absolute atomic E-state index is 0.0846. The van der Waals surface area contributed by atoms with E-state index < -0.39 is 10.0 Å². The molecule has 0 bridgehead atoms. The van der Waals surface area contributed by atoms with Crippen LogP contribution in [0, 0.1) is 0 Å². The van der Waals surface area contributed by atoms with Crippen molar-refractivity contribution in [1.82, 2.24) is 14.6 Å². The molecule has 0 aliphatic carbocycles. The Kier molecular flexibility index (Phi) is 7.92. The van der Waals surface area contributed by atoms with E-state index in [0.29, 0.717) is 26.2 Å². The SMILES string of the molecule is O=C(CC(c1ccccc1)c1ccccc1)NCCS(=O)(=O)N1CCN(c2ccccn2)CC1. The molecule has 1 saturated heterocycles. The van der Waals surface area contributed by atoms with Gasteiger partial charge in [-0.2, -0.15) is 4.31 Å². The Hall–Kier alpha value is -3.23. The van der Waals surface area contributed by atoms with Crippen LogP contribution in [0.5, 0.6) is 0 Å². The van der Waals surface area contributed by atoms with Gasteiger partial charge in [0.2, 0.25) is 15.9 Å². The second kappa shape index (κ2) is 11.3. The Morgan fingerprint density at radius 2 is 1.44 bits per heavy atom. The monoisotopic (exact) mass is 478 g/mol. The van der Waals surface area contributed by atoms with E-state index in [-0.39, 0.29) is 30.5 Å². The van der Waals surface area contributed by atoms with Gasteiger partial charge in [-0.15, -0.1) is 0 Å². The Morgan fingerprint density at radius 1 is 0.853 bits per heavy atom. The summed E-state index contributed by atoms with van der Waals surface area (Å²) in [5, 5.41) is 2.82. The number of pyridine rings is 1. The molecular formula is C26H30N4O3S. The highest BCUT2D eigenvalue weighted by Crippen LogP contribution is 2.27. The van der Waals surface area contributed by atoms with Gasteiger partial charge in [0.25, 0.3) is 0 Å². The third-order valence-electron chi connectivity index (χ3n) is 6.08. The summed E-state index contributed by atoms with van der Waals surface area (Å²) >= 11 is 0. The van der Waals surface area contributed by atoms with Crippen molar-refractivity contribution in [2.45, 2.75) is 12.3 Å². The van der Waals surface area contributed by atoms with Crippen LogP contribution in [0.2, 0.25) is 0 Å². The number of aromatic nitrogens is 1. The summed E-state index contributed by atoms with van der Waals surface area (Å²) in [7, 11) is -3.45. The van der Waals surface area contributed by atoms with Gasteiger partial charge in [-0.1, -0.05) is 66.7 Å². The standard InChI is InChI=1S/C26H30N4O3S/c31-26(21-24(22-9-3-1-4-10-22)23-11-5-2-6-12-23)28-15-20-34(32,33)30-18-16-29(17-19-30)25-13-7-8-14-27-25/h1-14,24H,15-21H2,(H,28,31). The van der Waals surface area contributed by atoms with E-state index in [2.05, 4.69) is 15.2 Å². The van der Waals surface area contributed by atoms with E-state index in [1.807, 2.05) is 78.9 Å². The van der Waals surface area contributed by atoms with Gasteiger partial charge in [0.15, 0.2) is 0 Å². The van der Waals surface area contributed by atoms with Crippen molar-refractivity contribution in [3.8, 4) is 0 Å². The van der Waals surface area contributed by atoms with Crippen LogP contribution in [-0.4, -0.2) is 62.1 Å². The molecule has 2 aromatic carbocycles. The van der Waals surface area contributed by atoms with Crippen LogP contribution in [0.25, 0.3) is 0 Å². The van der Waals surface area contributed by atoms with Crippen LogP contribution < -0.4 is 10.2 Å². The Bertz CT molecular complexity index is 1110. The van der Waals surface area contributed by atoms with Gasteiger partial charge >= 0.3 is 0 Å². The predicted octanol–water partition coefficient (Wildman–Crippen LogP) is 2.87. The number of hydrogen-bond donors (Lipinski definition) is 1. The van der Waals surface area contributed by atoms with Crippen LogP contribution in [0.15, 0.2) is 85.1 Å². The predicted molar refractivity (Wildman–Crippen MR) is 134 cm³/mol. The highest BCUT2D eigenvalue weighted by molar-refractivity contribution is 7.89. The first-order valence-corrected chi connectivity index (χ1v) is 13.1. The van der Waals surface area contributed by atoms with Gasteiger partial charge in [-0.3, -0.25) is 4.79 Å². The lowest BCUT2D eigenvalue weighted by Crippen LogP contribution is -2.50. The molecule has 1 amide bonds. The van der Waals surface area contributed by atoms with Crippen molar-refractivity contribution >= 4 is 21.7 Å². The first-order chi connectivity index (χ1) is 16.5. The molecule has 178 valence electrons. The number of benzene rings is 2. The van der Waals surface area contributed by atoms with Gasteiger partial charge < -0.3 is 10.2 Å². The molecule has 1 N–H and O–H groups in total. The highest BCUT2D eigenvalue weighted by atomic mass is 32.2. The first kappa shape index (κ1) is 23.9. The molecule has 7 nitrogen and oxygen atoms in total. The maximum Gasteiger partial charge on any atom is 0.220 e. The second-order valence-electron chi connectivity index (χ2n) is 8.32. The number of amides is 1. The lowest BCUT2D eigenvalue weighted by molar-refractivity contribution is -0.121. The summed E-state index contributed by atoms with van der Waals surface area (Å²) in [6.07, 6.45) is 2.00. The molecule has 1 aliphatic heterocycles. The van der Waals surface area contributed by atoms with Crippen LogP contribution in [-0.2, 0) is 14.8 Å². The van der Waals surface area contributed by atoms with Gasteiger partial charge in [0, 0.05) is 51.3 Å². The van der Waals surface area contributed by atoms with Crippen LogP contribution >= 0.6 is 0 Å². The normalized spacial score (nSPS) is 14.8. The van der Waals surface area contributed by atoms with Crippen molar-refractivity contribution in [2.75, 3.05) is 43.4 Å². The molecule has 1 fully saturated rings. The van der Waals surface area contributed by atoms with Gasteiger partial charge in [-0.05, 0) is 23.3 Å². The van der Waals surface area contributed by atoms with E-state index in [9.17, 15) is 13.2 Å². The fourth-order valence-electron chi connectivity index (χ4n) is 4.24. The zero-order valence-electron chi connectivity index (χ0n) is 19.1. The zero-order chi connectivity index (χ0) is 23.8. The summed E-state index contributed by atoms with van der Waals surface area (Å²) in [6.45, 7) is 2.11. The van der Waals surface area contributed by atoms with Crippen molar-refractivity contribution in [1.29, 1.82) is 0 Å². The molecule has 0 atom stereocenters. The molecule has 4 rings (SSSR count). The quantitative estimate of drug-likeness (QED) is 0.511. The van der Waals surface area contributed by atoms with Crippen molar-refractivity contribution in [3.63, 3.8) is 0 Å². The number of carbonyl (C=O) groups excluding carboxylic acids is 1. The van der Waals surface area contributed by atoms with Crippen molar-refractivity contribution < 1.29 is 13.2 Å². The number of anilines is 1. The largest absolute Gasteiger partial charge is 0.355 e. The van der Waals surface area contributed by atoms with E-state index in [1.54, 1.807) is 6.20 Å². The molecule has 1 aromatic heterocycles. The molecule has 0 radical (unpaired) electrons. The maximum absolute atomic E-state index is 12.8. The van der Waals surface area contributed by atoms with E-state index in [4.69, 9.17) is 0 Å². The minimum atomic E-state index is -3.45.